The molecule has 0 aromatic heterocycles. The van der Waals surface area contributed by atoms with E-state index in [1.54, 1.807) is 0 Å². The molecule has 0 saturated carbocycles. The number of carbonyl (C=O) groups is 1. The number of thiol groups is 1. The standard InChI is InChI=1S/C16H24O2S/c1-15(2,3)11-16(4,12-19)14(17)18-10-13-8-6-5-7-9-13/h5-9,19H,10-12H2,1-4H3. The van der Waals surface area contributed by atoms with Crippen molar-refractivity contribution in [2.45, 2.75) is 40.7 Å². The highest BCUT2D eigenvalue weighted by Crippen LogP contribution is 2.35. The molecule has 0 aliphatic rings. The van der Waals surface area contributed by atoms with E-state index >= 15 is 0 Å². The highest BCUT2D eigenvalue weighted by atomic mass is 32.1. The van der Waals surface area contributed by atoms with Gasteiger partial charge in [0.2, 0.25) is 0 Å². The highest BCUT2D eigenvalue weighted by molar-refractivity contribution is 7.80. The maximum atomic E-state index is 12.3. The normalized spacial score (nSPS) is 14.8. The van der Waals surface area contributed by atoms with Gasteiger partial charge in [-0.2, -0.15) is 12.6 Å². The third-order valence-electron chi connectivity index (χ3n) is 2.98. The lowest BCUT2D eigenvalue weighted by atomic mass is 9.76. The summed E-state index contributed by atoms with van der Waals surface area (Å²) in [5, 5.41) is 0. The SMILES string of the molecule is CC(C)(C)CC(C)(CS)C(=O)OCc1ccccc1. The Hall–Kier alpha value is -0.960. The molecule has 0 bridgehead atoms. The Labute approximate surface area is 122 Å². The molecule has 1 aromatic rings. The van der Waals surface area contributed by atoms with Crippen LogP contribution in [0.25, 0.3) is 0 Å². The molecule has 3 heteroatoms. The van der Waals surface area contributed by atoms with Gasteiger partial charge in [0.1, 0.15) is 6.61 Å². The van der Waals surface area contributed by atoms with E-state index in [-0.39, 0.29) is 11.4 Å². The van der Waals surface area contributed by atoms with Gasteiger partial charge < -0.3 is 4.74 Å². The second-order valence-electron chi connectivity index (χ2n) is 6.52. The number of carbonyl (C=O) groups excluding carboxylic acids is 1. The van der Waals surface area contributed by atoms with Crippen molar-refractivity contribution in [3.63, 3.8) is 0 Å². The van der Waals surface area contributed by atoms with Crippen LogP contribution in [0, 0.1) is 10.8 Å². The van der Waals surface area contributed by atoms with Gasteiger partial charge in [-0.15, -0.1) is 0 Å². The molecule has 0 amide bonds. The van der Waals surface area contributed by atoms with Crippen molar-refractivity contribution in [3.8, 4) is 0 Å². The van der Waals surface area contributed by atoms with Gasteiger partial charge >= 0.3 is 5.97 Å². The summed E-state index contributed by atoms with van der Waals surface area (Å²) in [5.74, 6) is 0.332. The first-order valence-corrected chi connectivity index (χ1v) is 7.22. The number of rotatable bonds is 5. The molecule has 1 unspecified atom stereocenters. The molecule has 0 aliphatic carbocycles. The summed E-state index contributed by atoms with van der Waals surface area (Å²) in [5.41, 5.74) is 0.549. The number of hydrogen-bond donors (Lipinski definition) is 1. The van der Waals surface area contributed by atoms with E-state index in [9.17, 15) is 4.79 Å². The van der Waals surface area contributed by atoms with E-state index in [4.69, 9.17) is 4.74 Å². The molecule has 0 radical (unpaired) electrons. The third kappa shape index (κ3) is 5.27. The zero-order valence-corrected chi connectivity index (χ0v) is 13.2. The van der Waals surface area contributed by atoms with Gasteiger partial charge in [0.05, 0.1) is 5.41 Å². The van der Waals surface area contributed by atoms with Crippen LogP contribution in [0.3, 0.4) is 0 Å². The van der Waals surface area contributed by atoms with Gasteiger partial charge in [-0.25, -0.2) is 0 Å². The molecule has 106 valence electrons. The molecule has 0 fully saturated rings. The molecule has 1 rings (SSSR count). The lowest BCUT2D eigenvalue weighted by Crippen LogP contribution is -2.35. The topological polar surface area (TPSA) is 26.3 Å². The van der Waals surface area contributed by atoms with Crippen LogP contribution >= 0.6 is 12.6 Å². The summed E-state index contributed by atoms with van der Waals surface area (Å²) in [6, 6.07) is 9.74. The van der Waals surface area contributed by atoms with Crippen LogP contribution in [0.4, 0.5) is 0 Å². The fraction of sp³-hybridized carbons (Fsp3) is 0.562. The Morgan fingerprint density at radius 2 is 1.74 bits per heavy atom. The van der Waals surface area contributed by atoms with Gasteiger partial charge in [-0.1, -0.05) is 51.1 Å². The maximum Gasteiger partial charge on any atom is 0.312 e. The molecule has 0 heterocycles. The Balaban J connectivity index is 2.64. The number of benzene rings is 1. The average Bonchev–Trinajstić information content (AvgIpc) is 2.35. The summed E-state index contributed by atoms with van der Waals surface area (Å²) in [6.45, 7) is 8.63. The van der Waals surface area contributed by atoms with Crippen LogP contribution in [-0.2, 0) is 16.1 Å². The van der Waals surface area contributed by atoms with Crippen molar-refractivity contribution in [1.29, 1.82) is 0 Å². The van der Waals surface area contributed by atoms with E-state index in [1.165, 1.54) is 0 Å². The highest BCUT2D eigenvalue weighted by Gasteiger charge is 2.37. The third-order valence-corrected chi connectivity index (χ3v) is 3.67. The first kappa shape index (κ1) is 16.1. The Morgan fingerprint density at radius 3 is 2.21 bits per heavy atom. The fourth-order valence-corrected chi connectivity index (χ4v) is 2.50. The van der Waals surface area contributed by atoms with Gasteiger partial charge in [-0.3, -0.25) is 4.79 Å². The van der Waals surface area contributed by atoms with E-state index in [1.807, 2.05) is 37.3 Å². The molecule has 0 saturated heterocycles. The second-order valence-corrected chi connectivity index (χ2v) is 6.83. The number of esters is 1. The number of hydrogen-bond acceptors (Lipinski definition) is 3. The van der Waals surface area contributed by atoms with E-state index in [0.29, 0.717) is 12.4 Å². The summed E-state index contributed by atoms with van der Waals surface area (Å²) in [4.78, 5) is 12.3. The lowest BCUT2D eigenvalue weighted by Gasteiger charge is -2.32. The van der Waals surface area contributed by atoms with Crippen molar-refractivity contribution in [3.05, 3.63) is 35.9 Å². The van der Waals surface area contributed by atoms with Gasteiger partial charge in [0.25, 0.3) is 0 Å². The van der Waals surface area contributed by atoms with Gasteiger partial charge in [-0.05, 0) is 24.3 Å². The minimum Gasteiger partial charge on any atom is -0.460 e. The first-order valence-electron chi connectivity index (χ1n) is 6.59. The van der Waals surface area contributed by atoms with Crippen molar-refractivity contribution in [2.24, 2.45) is 10.8 Å². The maximum absolute atomic E-state index is 12.3. The predicted octanol–water partition coefficient (Wildman–Crippen LogP) is 4.10. The van der Waals surface area contributed by atoms with Gasteiger partial charge in [0.15, 0.2) is 0 Å². The average molecular weight is 280 g/mol. The lowest BCUT2D eigenvalue weighted by molar-refractivity contribution is -0.156. The molecule has 2 nitrogen and oxygen atoms in total. The predicted molar refractivity (Wildman–Crippen MR) is 82.3 cm³/mol. The van der Waals surface area contributed by atoms with E-state index in [2.05, 4.69) is 33.4 Å². The minimum absolute atomic E-state index is 0.0727. The van der Waals surface area contributed by atoms with Crippen LogP contribution < -0.4 is 0 Å². The smallest absolute Gasteiger partial charge is 0.312 e. The van der Waals surface area contributed by atoms with Gasteiger partial charge in [0, 0.05) is 5.75 Å². The molecule has 0 spiro atoms. The Morgan fingerprint density at radius 1 is 1.16 bits per heavy atom. The van der Waals surface area contributed by atoms with Crippen molar-refractivity contribution in [2.75, 3.05) is 5.75 Å². The number of ether oxygens (including phenoxy) is 1. The summed E-state index contributed by atoms with van der Waals surface area (Å²) in [6.07, 6.45) is 0.761. The molecule has 0 aliphatic heterocycles. The fourth-order valence-electron chi connectivity index (χ4n) is 2.26. The van der Waals surface area contributed by atoms with Crippen LogP contribution in [0.1, 0.15) is 39.7 Å². The molecular formula is C16H24O2S. The van der Waals surface area contributed by atoms with Crippen molar-refractivity contribution < 1.29 is 9.53 Å². The minimum atomic E-state index is -0.532. The quantitative estimate of drug-likeness (QED) is 0.649. The van der Waals surface area contributed by atoms with Crippen molar-refractivity contribution >= 4 is 18.6 Å². The van der Waals surface area contributed by atoms with Crippen LogP contribution in [-0.4, -0.2) is 11.7 Å². The molecule has 19 heavy (non-hydrogen) atoms. The zero-order valence-electron chi connectivity index (χ0n) is 12.3. The largest absolute Gasteiger partial charge is 0.460 e. The summed E-state index contributed by atoms with van der Waals surface area (Å²) < 4.78 is 5.44. The zero-order chi connectivity index (χ0) is 14.5. The van der Waals surface area contributed by atoms with E-state index < -0.39 is 5.41 Å². The Kier molecular flexibility index (Phi) is 5.48. The van der Waals surface area contributed by atoms with Crippen LogP contribution in [0.15, 0.2) is 30.3 Å². The molecule has 0 N–H and O–H groups in total. The Bertz CT molecular complexity index is 409. The molecular weight excluding hydrogens is 256 g/mol. The second kappa shape index (κ2) is 6.47. The summed E-state index contributed by atoms with van der Waals surface area (Å²) >= 11 is 4.33. The summed E-state index contributed by atoms with van der Waals surface area (Å²) in [7, 11) is 0. The first-order chi connectivity index (χ1) is 8.77. The van der Waals surface area contributed by atoms with E-state index in [0.717, 1.165) is 12.0 Å². The molecule has 1 atom stereocenters. The van der Waals surface area contributed by atoms with Crippen LogP contribution in [0.5, 0.6) is 0 Å². The van der Waals surface area contributed by atoms with Crippen LogP contribution in [0.2, 0.25) is 0 Å². The monoisotopic (exact) mass is 280 g/mol. The molecule has 1 aromatic carbocycles. The van der Waals surface area contributed by atoms with Crippen molar-refractivity contribution in [1.82, 2.24) is 0 Å².